The third kappa shape index (κ3) is 3.92. The molecule has 1 N–H and O–H groups in total. The van der Waals surface area contributed by atoms with Crippen LogP contribution < -0.4 is 4.74 Å². The van der Waals surface area contributed by atoms with Crippen molar-refractivity contribution in [2.24, 2.45) is 5.92 Å². The number of hydrogen-bond donors (Lipinski definition) is 1. The van der Waals surface area contributed by atoms with E-state index in [1.54, 1.807) is 6.07 Å². The molecule has 2 rings (SSSR count). The van der Waals surface area contributed by atoms with Crippen LogP contribution in [0.1, 0.15) is 31.4 Å². The summed E-state index contributed by atoms with van der Waals surface area (Å²) in [6.07, 6.45) is 1.64. The van der Waals surface area contributed by atoms with Crippen LogP contribution in [0.5, 0.6) is 5.75 Å². The maximum atomic E-state index is 11.0. The van der Waals surface area contributed by atoms with Crippen molar-refractivity contribution in [1.82, 2.24) is 4.90 Å². The number of benzene rings is 1. The minimum absolute atomic E-state index is 0.110. The minimum Gasteiger partial charge on any atom is -0.490 e. The van der Waals surface area contributed by atoms with Crippen LogP contribution >= 0.6 is 0 Å². The van der Waals surface area contributed by atoms with Gasteiger partial charge < -0.3 is 14.7 Å². The number of methoxy groups -OCH3 is 1. The van der Waals surface area contributed by atoms with E-state index in [1.165, 1.54) is 25.7 Å². The Morgan fingerprint density at radius 1 is 1.57 bits per heavy atom. The highest BCUT2D eigenvalue weighted by Gasteiger charge is 2.22. The number of β-amino-alcohol motifs (C(OH)–C–C–N with tert-alkyl or cyclic N) is 1. The number of aliphatic hydroxyl groups is 1. The van der Waals surface area contributed by atoms with Gasteiger partial charge in [0.2, 0.25) is 0 Å². The smallest absolute Gasteiger partial charge is 0.311 e. The maximum Gasteiger partial charge on any atom is 0.311 e. The van der Waals surface area contributed by atoms with Gasteiger partial charge in [0.05, 0.1) is 18.1 Å². The van der Waals surface area contributed by atoms with Crippen LogP contribution in [0.2, 0.25) is 0 Å². The van der Waals surface area contributed by atoms with Gasteiger partial charge in [0, 0.05) is 19.2 Å². The summed E-state index contributed by atoms with van der Waals surface area (Å²) in [4.78, 5) is 12.8. The molecule has 0 bridgehead atoms. The molecule has 2 atom stereocenters. The first kappa shape index (κ1) is 15.7. The Morgan fingerprint density at radius 2 is 2.33 bits per heavy atom. The van der Waals surface area contributed by atoms with Gasteiger partial charge in [0.15, 0.2) is 5.75 Å². The molecule has 0 aliphatic carbocycles. The summed E-state index contributed by atoms with van der Waals surface area (Å²) < 4.78 is 4.97. The molecule has 6 nitrogen and oxygen atoms in total. The molecule has 116 valence electrons. The van der Waals surface area contributed by atoms with Gasteiger partial charge in [-0.25, -0.2) is 0 Å². The number of nitrogens with zero attached hydrogens (tertiary/aromatic N) is 2. The molecular formula is C15H22N2O4. The number of hydrogen-bond acceptors (Lipinski definition) is 5. The van der Waals surface area contributed by atoms with Crippen molar-refractivity contribution < 1.29 is 14.8 Å². The van der Waals surface area contributed by atoms with E-state index in [0.29, 0.717) is 18.0 Å². The molecule has 1 fully saturated rings. The van der Waals surface area contributed by atoms with Crippen LogP contribution in [0.3, 0.4) is 0 Å². The Kier molecular flexibility index (Phi) is 5.14. The number of likely N-dealkylation sites (tertiary alicyclic amines) is 1. The summed E-state index contributed by atoms with van der Waals surface area (Å²) in [7, 11) is 1.40. The molecular weight excluding hydrogens is 272 g/mol. The summed E-state index contributed by atoms with van der Waals surface area (Å²) in [5, 5.41) is 21.3. The Hall–Kier alpha value is -1.66. The molecule has 1 aliphatic heterocycles. The first-order valence-corrected chi connectivity index (χ1v) is 7.24. The molecule has 0 saturated carbocycles. The van der Waals surface area contributed by atoms with Gasteiger partial charge in [0.25, 0.3) is 0 Å². The molecule has 0 radical (unpaired) electrons. The lowest BCUT2D eigenvalue weighted by molar-refractivity contribution is -0.385. The molecule has 2 unspecified atom stereocenters. The second-order valence-corrected chi connectivity index (χ2v) is 5.71. The number of ether oxygens (including phenoxy) is 1. The van der Waals surface area contributed by atoms with Gasteiger partial charge in [-0.1, -0.05) is 13.0 Å². The Morgan fingerprint density at radius 3 is 2.95 bits per heavy atom. The largest absolute Gasteiger partial charge is 0.490 e. The summed E-state index contributed by atoms with van der Waals surface area (Å²) in [5.74, 6) is 0.846. The summed E-state index contributed by atoms with van der Waals surface area (Å²) >= 11 is 0. The molecule has 1 aliphatic rings. The number of nitro groups is 1. The predicted molar refractivity (Wildman–Crippen MR) is 79.4 cm³/mol. The summed E-state index contributed by atoms with van der Waals surface area (Å²) in [6, 6.07) is 4.62. The van der Waals surface area contributed by atoms with Crippen LogP contribution in [0.4, 0.5) is 5.69 Å². The Labute approximate surface area is 124 Å². The standard InChI is InChI=1S/C15H22N2O4/c1-11-4-3-7-16(9-11)10-14(18)12-5-6-15(21-2)13(8-12)17(19)20/h5-6,8,11,14,18H,3-4,7,9-10H2,1-2H3. The van der Waals surface area contributed by atoms with Gasteiger partial charge in [-0.3, -0.25) is 10.1 Å². The fourth-order valence-corrected chi connectivity index (χ4v) is 2.86. The van der Waals surface area contributed by atoms with E-state index in [0.717, 1.165) is 19.5 Å². The summed E-state index contributed by atoms with van der Waals surface area (Å²) in [6.45, 7) is 4.65. The number of aliphatic hydroxyl groups excluding tert-OH is 1. The molecule has 1 aromatic carbocycles. The Bertz CT molecular complexity index is 506. The van der Waals surface area contributed by atoms with E-state index in [4.69, 9.17) is 4.74 Å². The number of nitro benzene ring substituents is 1. The quantitative estimate of drug-likeness (QED) is 0.666. The summed E-state index contributed by atoms with van der Waals surface area (Å²) in [5.41, 5.74) is 0.446. The van der Waals surface area contributed by atoms with Gasteiger partial charge in [0.1, 0.15) is 0 Å². The average molecular weight is 294 g/mol. The molecule has 1 aromatic rings. The maximum absolute atomic E-state index is 11.0. The molecule has 1 saturated heterocycles. The van der Waals surface area contributed by atoms with E-state index in [2.05, 4.69) is 11.8 Å². The van der Waals surface area contributed by atoms with Gasteiger partial charge >= 0.3 is 5.69 Å². The molecule has 0 spiro atoms. The molecule has 1 heterocycles. The van der Waals surface area contributed by atoms with E-state index in [9.17, 15) is 15.2 Å². The normalized spacial score (nSPS) is 21.0. The van der Waals surface area contributed by atoms with Crippen molar-refractivity contribution in [3.05, 3.63) is 33.9 Å². The third-order valence-corrected chi connectivity index (χ3v) is 3.96. The van der Waals surface area contributed by atoms with Crippen LogP contribution in [-0.2, 0) is 0 Å². The molecule has 0 amide bonds. The zero-order chi connectivity index (χ0) is 15.4. The number of rotatable bonds is 5. The molecule has 0 aromatic heterocycles. The average Bonchev–Trinajstić information content (AvgIpc) is 2.46. The van der Waals surface area contributed by atoms with Gasteiger partial charge in [-0.15, -0.1) is 0 Å². The van der Waals surface area contributed by atoms with E-state index in [1.807, 2.05) is 0 Å². The van der Waals surface area contributed by atoms with Crippen molar-refractivity contribution in [1.29, 1.82) is 0 Å². The van der Waals surface area contributed by atoms with Crippen LogP contribution in [0.15, 0.2) is 18.2 Å². The fraction of sp³-hybridized carbons (Fsp3) is 0.600. The van der Waals surface area contributed by atoms with Crippen molar-refractivity contribution in [3.63, 3.8) is 0 Å². The van der Waals surface area contributed by atoms with E-state index >= 15 is 0 Å². The van der Waals surface area contributed by atoms with Crippen LogP contribution in [0, 0.1) is 16.0 Å². The van der Waals surface area contributed by atoms with Crippen molar-refractivity contribution in [2.45, 2.75) is 25.9 Å². The molecule has 6 heteroatoms. The topological polar surface area (TPSA) is 75.8 Å². The zero-order valence-electron chi connectivity index (χ0n) is 12.5. The van der Waals surface area contributed by atoms with Gasteiger partial charge in [-0.2, -0.15) is 0 Å². The SMILES string of the molecule is COc1ccc(C(O)CN2CCCC(C)C2)cc1[N+](=O)[O-]. The van der Waals surface area contributed by atoms with Crippen molar-refractivity contribution in [3.8, 4) is 5.75 Å². The minimum atomic E-state index is -0.722. The van der Waals surface area contributed by atoms with Crippen LogP contribution in [0.25, 0.3) is 0 Å². The number of piperidine rings is 1. The van der Waals surface area contributed by atoms with Gasteiger partial charge in [-0.05, 0) is 36.9 Å². The zero-order valence-corrected chi connectivity index (χ0v) is 12.5. The predicted octanol–water partition coefficient (Wildman–Crippen LogP) is 2.37. The van der Waals surface area contributed by atoms with Crippen molar-refractivity contribution in [2.75, 3.05) is 26.7 Å². The van der Waals surface area contributed by atoms with E-state index < -0.39 is 11.0 Å². The second-order valence-electron chi connectivity index (χ2n) is 5.71. The third-order valence-electron chi connectivity index (χ3n) is 3.96. The second kappa shape index (κ2) is 6.87. The monoisotopic (exact) mass is 294 g/mol. The fourth-order valence-electron chi connectivity index (χ4n) is 2.86. The van der Waals surface area contributed by atoms with Crippen LogP contribution in [-0.4, -0.2) is 41.7 Å². The highest BCUT2D eigenvalue weighted by molar-refractivity contribution is 5.49. The highest BCUT2D eigenvalue weighted by atomic mass is 16.6. The van der Waals surface area contributed by atoms with Crippen molar-refractivity contribution >= 4 is 5.69 Å². The Balaban J connectivity index is 2.10. The lowest BCUT2D eigenvalue weighted by Crippen LogP contribution is -2.37. The lowest BCUT2D eigenvalue weighted by Gasteiger charge is -2.32. The first-order chi connectivity index (χ1) is 10.0. The van der Waals surface area contributed by atoms with E-state index in [-0.39, 0.29) is 11.4 Å². The molecule has 21 heavy (non-hydrogen) atoms. The first-order valence-electron chi connectivity index (χ1n) is 7.24. The lowest BCUT2D eigenvalue weighted by atomic mass is 9.99. The highest BCUT2D eigenvalue weighted by Crippen LogP contribution is 2.30.